The number of nitrogens with zero attached hydrogens (tertiary/aromatic N) is 2. The highest BCUT2D eigenvalue weighted by Gasteiger charge is 2.62. The summed E-state index contributed by atoms with van der Waals surface area (Å²) in [7, 11) is 0. The van der Waals surface area contributed by atoms with Crippen LogP contribution in [-0.2, 0) is 0 Å². The largest absolute Gasteiger partial charge is 0.411 e. The van der Waals surface area contributed by atoms with Gasteiger partial charge in [-0.3, -0.25) is 0 Å². The molecule has 0 amide bonds. The summed E-state index contributed by atoms with van der Waals surface area (Å²) in [5, 5.41) is 36.8. The minimum atomic E-state index is -0.324. The van der Waals surface area contributed by atoms with E-state index in [4.69, 9.17) is 0 Å². The first kappa shape index (κ1) is 18.0. The van der Waals surface area contributed by atoms with Crippen molar-refractivity contribution in [2.45, 2.75) is 71.8 Å². The molecule has 4 aliphatic carbocycles. The van der Waals surface area contributed by atoms with Crippen molar-refractivity contribution in [2.24, 2.45) is 44.8 Å². The number of hydrogen-bond donors (Lipinski definition) is 3. The third-order valence-corrected chi connectivity index (χ3v) is 8.70. The van der Waals surface area contributed by atoms with Gasteiger partial charge in [0.15, 0.2) is 0 Å². The predicted molar refractivity (Wildman–Crippen MR) is 101 cm³/mol. The molecule has 0 saturated heterocycles. The van der Waals surface area contributed by atoms with E-state index >= 15 is 0 Å². The van der Waals surface area contributed by atoms with E-state index in [1.165, 1.54) is 12.0 Å². The van der Waals surface area contributed by atoms with E-state index in [1.54, 1.807) is 0 Å². The van der Waals surface area contributed by atoms with Gasteiger partial charge in [-0.05, 0) is 86.5 Å². The zero-order valence-electron chi connectivity index (χ0n) is 16.1. The van der Waals surface area contributed by atoms with Gasteiger partial charge in [0.2, 0.25) is 0 Å². The zero-order chi connectivity index (χ0) is 18.7. The minimum Gasteiger partial charge on any atom is -0.411 e. The molecule has 0 spiro atoms. The summed E-state index contributed by atoms with van der Waals surface area (Å²) in [6, 6.07) is 0. The quantitative estimate of drug-likeness (QED) is 0.372. The van der Waals surface area contributed by atoms with Gasteiger partial charge in [-0.2, -0.15) is 0 Å². The number of allylic oxidation sites excluding steroid dienone is 2. The van der Waals surface area contributed by atoms with Gasteiger partial charge in [-0.1, -0.05) is 29.7 Å². The van der Waals surface area contributed by atoms with E-state index in [9.17, 15) is 15.5 Å². The standard InChI is InChI=1S/C21H32N2O3/c1-12(22-25)16-6-7-17-15-5-4-13-10-14(23-26)8-9-20(13,2)19(15)18(24)11-21(16,17)3/h10,15-19,24-26H,4-9,11H2,1-3H3/b22-12+,23-14-/t15-,16+,17-,18-,19+,20-,21+/m0/s1. The number of hydrogen-bond acceptors (Lipinski definition) is 5. The summed E-state index contributed by atoms with van der Waals surface area (Å²) in [6.45, 7) is 6.56. The van der Waals surface area contributed by atoms with E-state index in [0.717, 1.165) is 49.9 Å². The van der Waals surface area contributed by atoms with Crippen LogP contribution in [0, 0.1) is 34.5 Å². The summed E-state index contributed by atoms with van der Waals surface area (Å²) in [6.07, 6.45) is 8.66. The van der Waals surface area contributed by atoms with Gasteiger partial charge in [-0.25, -0.2) is 0 Å². The van der Waals surface area contributed by atoms with Crippen LogP contribution in [-0.4, -0.2) is 33.0 Å². The molecule has 144 valence electrons. The average Bonchev–Trinajstić information content (AvgIpc) is 2.96. The zero-order valence-corrected chi connectivity index (χ0v) is 16.1. The molecule has 5 heteroatoms. The topological polar surface area (TPSA) is 85.4 Å². The smallest absolute Gasteiger partial charge is 0.0795 e. The van der Waals surface area contributed by atoms with Gasteiger partial charge >= 0.3 is 0 Å². The molecule has 4 aliphatic rings. The van der Waals surface area contributed by atoms with Gasteiger partial charge in [0, 0.05) is 5.92 Å². The van der Waals surface area contributed by atoms with Crippen molar-refractivity contribution < 1.29 is 15.5 Å². The Kier molecular flexibility index (Phi) is 4.22. The summed E-state index contributed by atoms with van der Waals surface area (Å²) in [5.74, 6) is 1.67. The van der Waals surface area contributed by atoms with Crippen LogP contribution in [0.25, 0.3) is 0 Å². The van der Waals surface area contributed by atoms with Crippen LogP contribution < -0.4 is 0 Å². The third kappa shape index (κ3) is 2.32. The highest BCUT2D eigenvalue weighted by atomic mass is 16.4. The van der Waals surface area contributed by atoms with Crippen LogP contribution in [0.1, 0.15) is 65.7 Å². The van der Waals surface area contributed by atoms with Gasteiger partial charge in [-0.15, -0.1) is 0 Å². The monoisotopic (exact) mass is 360 g/mol. The van der Waals surface area contributed by atoms with Crippen molar-refractivity contribution in [3.63, 3.8) is 0 Å². The second-order valence-electron chi connectivity index (χ2n) is 9.66. The molecule has 0 unspecified atom stereocenters. The molecule has 5 nitrogen and oxygen atoms in total. The molecule has 0 heterocycles. The Labute approximate surface area is 155 Å². The predicted octanol–water partition coefficient (Wildman–Crippen LogP) is 4.22. The molecule has 3 N–H and O–H groups in total. The molecular formula is C21H32N2O3. The Balaban J connectivity index is 1.70. The second-order valence-corrected chi connectivity index (χ2v) is 9.66. The first-order valence-corrected chi connectivity index (χ1v) is 10.1. The van der Waals surface area contributed by atoms with Crippen LogP contribution in [0.2, 0.25) is 0 Å². The molecule has 0 radical (unpaired) electrons. The number of aliphatic hydroxyl groups excluding tert-OH is 1. The van der Waals surface area contributed by atoms with Crippen molar-refractivity contribution in [3.8, 4) is 0 Å². The molecule has 4 rings (SSSR count). The van der Waals surface area contributed by atoms with Crippen molar-refractivity contribution in [1.82, 2.24) is 0 Å². The van der Waals surface area contributed by atoms with E-state index < -0.39 is 0 Å². The molecule has 0 aliphatic heterocycles. The molecule has 0 bridgehead atoms. The molecule has 3 fully saturated rings. The molecule has 0 aromatic heterocycles. The van der Waals surface area contributed by atoms with Gasteiger partial charge in [0.25, 0.3) is 0 Å². The van der Waals surface area contributed by atoms with Crippen LogP contribution in [0.3, 0.4) is 0 Å². The fourth-order valence-electron chi connectivity index (χ4n) is 7.53. The number of fused-ring (bicyclic) bond motifs is 5. The lowest BCUT2D eigenvalue weighted by Gasteiger charge is -2.60. The van der Waals surface area contributed by atoms with E-state index in [2.05, 4.69) is 30.2 Å². The molecule has 0 aromatic rings. The Morgan fingerprint density at radius 2 is 1.92 bits per heavy atom. The number of rotatable bonds is 1. The van der Waals surface area contributed by atoms with E-state index in [1.807, 2.05) is 6.92 Å². The first-order valence-electron chi connectivity index (χ1n) is 10.1. The Hall–Kier alpha value is -1.36. The minimum absolute atomic E-state index is 0.00997. The van der Waals surface area contributed by atoms with Crippen LogP contribution >= 0.6 is 0 Å². The molecule has 7 atom stereocenters. The van der Waals surface area contributed by atoms with Crippen molar-refractivity contribution in [1.29, 1.82) is 0 Å². The number of aliphatic hydroxyl groups is 1. The van der Waals surface area contributed by atoms with Crippen molar-refractivity contribution >= 4 is 11.4 Å². The number of oxime groups is 2. The Morgan fingerprint density at radius 3 is 2.62 bits per heavy atom. The molecular weight excluding hydrogens is 328 g/mol. The highest BCUT2D eigenvalue weighted by molar-refractivity contribution is 5.96. The van der Waals surface area contributed by atoms with Crippen molar-refractivity contribution in [2.75, 3.05) is 0 Å². The maximum atomic E-state index is 11.3. The maximum absolute atomic E-state index is 11.3. The maximum Gasteiger partial charge on any atom is 0.0795 e. The van der Waals surface area contributed by atoms with Crippen molar-refractivity contribution in [3.05, 3.63) is 11.6 Å². The second kappa shape index (κ2) is 6.08. The summed E-state index contributed by atoms with van der Waals surface area (Å²) in [4.78, 5) is 0. The lowest BCUT2D eigenvalue weighted by atomic mass is 9.46. The summed E-state index contributed by atoms with van der Waals surface area (Å²) in [5.41, 5.74) is 3.01. The van der Waals surface area contributed by atoms with E-state index in [0.29, 0.717) is 11.8 Å². The Morgan fingerprint density at radius 1 is 1.15 bits per heavy atom. The Bertz CT molecular complexity index is 685. The van der Waals surface area contributed by atoms with Crippen LogP contribution in [0.15, 0.2) is 22.0 Å². The fourth-order valence-corrected chi connectivity index (χ4v) is 7.53. The van der Waals surface area contributed by atoms with Crippen LogP contribution in [0.4, 0.5) is 0 Å². The summed E-state index contributed by atoms with van der Waals surface area (Å²) < 4.78 is 0. The lowest BCUT2D eigenvalue weighted by molar-refractivity contribution is -0.121. The van der Waals surface area contributed by atoms with Gasteiger partial charge in [0.1, 0.15) is 0 Å². The summed E-state index contributed by atoms with van der Waals surface area (Å²) >= 11 is 0. The SMILES string of the molecule is C/C(=N\O)[C@H]1CC[C@H]2[C@@H]3CCC4=C/C(=N\O)CC[C@]4(C)[C@H]3[C@@H](O)C[C@]12C. The van der Waals surface area contributed by atoms with Crippen LogP contribution in [0.5, 0.6) is 0 Å². The highest BCUT2D eigenvalue weighted by Crippen LogP contribution is 2.66. The molecule has 0 aromatic carbocycles. The van der Waals surface area contributed by atoms with Gasteiger partial charge < -0.3 is 15.5 Å². The third-order valence-electron chi connectivity index (χ3n) is 8.70. The van der Waals surface area contributed by atoms with E-state index in [-0.39, 0.29) is 28.8 Å². The lowest BCUT2D eigenvalue weighted by Crippen LogP contribution is -2.57. The molecule has 3 saturated carbocycles. The fraction of sp³-hybridized carbons (Fsp3) is 0.810. The average molecular weight is 360 g/mol. The first-order chi connectivity index (χ1) is 12.3. The molecule has 26 heavy (non-hydrogen) atoms. The van der Waals surface area contributed by atoms with Gasteiger partial charge in [0.05, 0.1) is 17.5 Å². The normalized spacial score (nSPS) is 50.0.